The van der Waals surface area contributed by atoms with E-state index in [1.165, 1.54) is 12.1 Å². The lowest BCUT2D eigenvalue weighted by Crippen LogP contribution is -2.60. The number of allylic oxidation sites excluding steroid dienone is 5. The molecular formula is C46H47NO12. The maximum absolute atomic E-state index is 13.9. The molecule has 0 bridgehead atoms. The van der Waals surface area contributed by atoms with E-state index in [1.807, 2.05) is 60.7 Å². The summed E-state index contributed by atoms with van der Waals surface area (Å²) in [7, 11) is 1.58. The highest BCUT2D eigenvalue weighted by atomic mass is 16.7. The van der Waals surface area contributed by atoms with Gasteiger partial charge in [-0.2, -0.15) is 0 Å². The highest BCUT2D eigenvalue weighted by Crippen LogP contribution is 2.34. The van der Waals surface area contributed by atoms with E-state index < -0.39 is 61.2 Å². The average Bonchev–Trinajstić information content (AvgIpc) is 3.27. The lowest BCUT2D eigenvalue weighted by molar-refractivity contribution is -0.278. The predicted octanol–water partition coefficient (Wildman–Crippen LogP) is 5.38. The minimum atomic E-state index is -1.80. The van der Waals surface area contributed by atoms with Crippen molar-refractivity contribution in [3.8, 4) is 11.5 Å². The van der Waals surface area contributed by atoms with Crippen LogP contribution in [0.15, 0.2) is 145 Å². The smallest absolute Gasteiger partial charge is 0.408 e. The Labute approximate surface area is 342 Å². The lowest BCUT2D eigenvalue weighted by atomic mass is 9.98. The van der Waals surface area contributed by atoms with Crippen LogP contribution in [0, 0.1) is 5.92 Å². The molecule has 1 aliphatic carbocycles. The fraction of sp³-hybridized carbons (Fsp3) is 0.283. The standard InChI is InChI=1S/C46H47NO12/c1-54-34-23-20-30(21-24-34)22-25-36(48)40-37(55-27-32-14-7-3-8-15-32)18-11-19-38(40)58-45-43(51)42(50)41(49)39(59-45)29-56-44(52)35(26-31-12-5-2-6-13-31)47-46(53)57-28-33-16-9-4-10-17-33/h2-20,22-25,30,35,39,41-43,45,49-51H,21,26-29H2,1H3,(H,47,53)/t30?,35-,39+,41+,42-,43+,45+/m0/s1. The van der Waals surface area contributed by atoms with E-state index in [4.69, 9.17) is 28.4 Å². The molecule has 2 aliphatic rings. The van der Waals surface area contributed by atoms with Crippen LogP contribution in [-0.2, 0) is 43.4 Å². The SMILES string of the molecule is COC1=CCC(C=CC(=O)c2c(OCc3ccccc3)cccc2O[C@@H]2O[C@H](COC(=O)[C@H](Cc3ccccc3)NC(=O)OCc3ccccc3)[C@@H](O)[C@H](O)[C@H]2O)C=C1. The highest BCUT2D eigenvalue weighted by Gasteiger charge is 2.46. The van der Waals surface area contributed by atoms with E-state index in [1.54, 1.807) is 73.8 Å². The molecule has 0 aromatic heterocycles. The van der Waals surface area contributed by atoms with E-state index in [9.17, 15) is 29.7 Å². The van der Waals surface area contributed by atoms with Crippen molar-refractivity contribution < 1.29 is 58.1 Å². The fourth-order valence-corrected chi connectivity index (χ4v) is 6.41. The van der Waals surface area contributed by atoms with Crippen LogP contribution < -0.4 is 14.8 Å². The second-order valence-electron chi connectivity index (χ2n) is 13.9. The summed E-state index contributed by atoms with van der Waals surface area (Å²) in [6.07, 6.45) is 0.303. The first-order chi connectivity index (χ1) is 28.7. The Morgan fingerprint density at radius 3 is 2.07 bits per heavy atom. The Bertz CT molecular complexity index is 2090. The number of hydrogen-bond donors (Lipinski definition) is 4. The average molecular weight is 806 g/mol. The Hall–Kier alpha value is -6.25. The van der Waals surface area contributed by atoms with Gasteiger partial charge >= 0.3 is 12.1 Å². The highest BCUT2D eigenvalue weighted by molar-refractivity contribution is 6.08. The van der Waals surface area contributed by atoms with Crippen LogP contribution in [-0.4, -0.2) is 83.6 Å². The molecule has 13 heteroatoms. The number of carbonyl (C=O) groups is 3. The second-order valence-corrected chi connectivity index (χ2v) is 13.9. The maximum Gasteiger partial charge on any atom is 0.408 e. The first-order valence-electron chi connectivity index (χ1n) is 19.2. The van der Waals surface area contributed by atoms with Crippen LogP contribution in [0.4, 0.5) is 4.79 Å². The summed E-state index contributed by atoms with van der Waals surface area (Å²) >= 11 is 0. The lowest BCUT2D eigenvalue weighted by Gasteiger charge is -2.40. The van der Waals surface area contributed by atoms with Gasteiger partial charge in [0.25, 0.3) is 0 Å². The molecule has 7 atom stereocenters. The fourth-order valence-electron chi connectivity index (χ4n) is 6.41. The molecule has 4 aromatic rings. The third kappa shape index (κ3) is 11.9. The maximum atomic E-state index is 13.9. The van der Waals surface area contributed by atoms with E-state index >= 15 is 0 Å². The van der Waals surface area contributed by atoms with Gasteiger partial charge in [0.05, 0.1) is 7.11 Å². The molecule has 13 nitrogen and oxygen atoms in total. The topological polar surface area (TPSA) is 179 Å². The van der Waals surface area contributed by atoms with Crippen molar-refractivity contribution in [3.63, 3.8) is 0 Å². The van der Waals surface area contributed by atoms with Crippen LogP contribution in [0.2, 0.25) is 0 Å². The number of carbonyl (C=O) groups excluding carboxylic acids is 3. The van der Waals surface area contributed by atoms with E-state index in [0.717, 1.165) is 22.4 Å². The normalized spacial score (nSPS) is 21.8. The molecular weight excluding hydrogens is 759 g/mol. The number of rotatable bonds is 17. The number of alkyl carbamates (subject to hydrolysis) is 1. The molecule has 0 radical (unpaired) electrons. The van der Waals surface area contributed by atoms with Crippen molar-refractivity contribution in [2.24, 2.45) is 5.92 Å². The van der Waals surface area contributed by atoms with Crippen molar-refractivity contribution in [3.05, 3.63) is 168 Å². The van der Waals surface area contributed by atoms with Gasteiger partial charge in [0.1, 0.15) is 73.1 Å². The molecule has 0 spiro atoms. The molecule has 1 unspecified atom stereocenters. The summed E-state index contributed by atoms with van der Waals surface area (Å²) in [4.78, 5) is 40.2. The van der Waals surface area contributed by atoms with E-state index in [2.05, 4.69) is 5.32 Å². The van der Waals surface area contributed by atoms with Crippen molar-refractivity contribution in [2.45, 2.75) is 62.8 Å². The van der Waals surface area contributed by atoms with E-state index in [-0.39, 0.29) is 42.6 Å². The summed E-state index contributed by atoms with van der Waals surface area (Å²) in [5.74, 6) is -0.526. The van der Waals surface area contributed by atoms with Gasteiger partial charge in [0.15, 0.2) is 5.78 Å². The summed E-state index contributed by atoms with van der Waals surface area (Å²) in [6, 6.07) is 30.8. The van der Waals surface area contributed by atoms with Crippen molar-refractivity contribution >= 4 is 17.8 Å². The zero-order valence-electron chi connectivity index (χ0n) is 32.4. The molecule has 1 aliphatic heterocycles. The summed E-state index contributed by atoms with van der Waals surface area (Å²) in [5.41, 5.74) is 2.36. The molecule has 308 valence electrons. The number of amides is 1. The van der Waals surface area contributed by atoms with Gasteiger partial charge in [-0.3, -0.25) is 4.79 Å². The number of nitrogens with one attached hydrogen (secondary N) is 1. The van der Waals surface area contributed by atoms with Crippen LogP contribution in [0.1, 0.15) is 33.5 Å². The second kappa shape index (κ2) is 21.0. The Morgan fingerprint density at radius 1 is 0.780 bits per heavy atom. The molecule has 1 heterocycles. The van der Waals surface area contributed by atoms with Crippen molar-refractivity contribution in [2.75, 3.05) is 13.7 Å². The predicted molar refractivity (Wildman–Crippen MR) is 215 cm³/mol. The number of aliphatic hydroxyl groups is 3. The first-order valence-corrected chi connectivity index (χ1v) is 19.2. The van der Waals surface area contributed by atoms with Crippen LogP contribution in [0.3, 0.4) is 0 Å². The van der Waals surface area contributed by atoms with Crippen LogP contribution in [0.5, 0.6) is 11.5 Å². The quantitative estimate of drug-likeness (QED) is 0.0610. The Morgan fingerprint density at radius 2 is 1.42 bits per heavy atom. The van der Waals surface area contributed by atoms with Gasteiger partial charge in [-0.25, -0.2) is 9.59 Å². The number of hydrogen-bond acceptors (Lipinski definition) is 12. The molecule has 6 rings (SSSR count). The van der Waals surface area contributed by atoms with Crippen molar-refractivity contribution in [1.82, 2.24) is 5.32 Å². The molecule has 1 amide bonds. The van der Waals surface area contributed by atoms with Gasteiger partial charge in [-0.15, -0.1) is 0 Å². The van der Waals surface area contributed by atoms with Gasteiger partial charge in [-0.1, -0.05) is 109 Å². The zero-order valence-corrected chi connectivity index (χ0v) is 32.4. The summed E-state index contributed by atoms with van der Waals surface area (Å²) in [5, 5.41) is 35.4. The van der Waals surface area contributed by atoms with Gasteiger partial charge in [-0.05, 0) is 59.4 Å². The van der Waals surface area contributed by atoms with Crippen molar-refractivity contribution in [1.29, 1.82) is 0 Å². The molecule has 1 fully saturated rings. The van der Waals surface area contributed by atoms with Crippen LogP contribution in [0.25, 0.3) is 0 Å². The summed E-state index contributed by atoms with van der Waals surface area (Å²) in [6.45, 7) is -0.491. The van der Waals surface area contributed by atoms with Gasteiger partial charge in [0, 0.05) is 6.42 Å². The largest absolute Gasteiger partial charge is 0.497 e. The Kier molecular flexibility index (Phi) is 15.0. The molecule has 4 aromatic carbocycles. The number of ketones is 1. The number of aliphatic hydroxyl groups excluding tert-OH is 3. The third-order valence-electron chi connectivity index (χ3n) is 9.67. The monoisotopic (exact) mass is 805 g/mol. The molecule has 0 saturated carbocycles. The number of esters is 1. The number of ether oxygens (including phenoxy) is 6. The van der Waals surface area contributed by atoms with Crippen LogP contribution >= 0.6 is 0 Å². The van der Waals surface area contributed by atoms with E-state index in [0.29, 0.717) is 6.42 Å². The molecule has 59 heavy (non-hydrogen) atoms. The zero-order chi connectivity index (χ0) is 41.6. The molecule has 1 saturated heterocycles. The summed E-state index contributed by atoms with van der Waals surface area (Å²) < 4.78 is 34.3. The number of benzene rings is 4. The number of methoxy groups -OCH3 is 1. The Balaban J connectivity index is 1.16. The first kappa shape index (κ1) is 42.4. The minimum Gasteiger partial charge on any atom is -0.497 e. The third-order valence-corrected chi connectivity index (χ3v) is 9.67. The minimum absolute atomic E-state index is 0.0275. The van der Waals surface area contributed by atoms with Gasteiger partial charge < -0.3 is 49.1 Å². The van der Waals surface area contributed by atoms with Gasteiger partial charge in [0.2, 0.25) is 6.29 Å². The molecule has 4 N–H and O–H groups in total.